The van der Waals surface area contributed by atoms with Crippen LogP contribution in [-0.2, 0) is 0 Å². The summed E-state index contributed by atoms with van der Waals surface area (Å²) in [5, 5.41) is 11.5. The van der Waals surface area contributed by atoms with Gasteiger partial charge in [0.25, 0.3) is 5.91 Å². The Hall–Kier alpha value is -2.76. The Morgan fingerprint density at radius 2 is 1.83 bits per heavy atom. The standard InChI is InChI=1S/C12H9N3O3/c16-11(15-8-3-6-13-7-4-8)10-9(12(17)18)2-1-5-14-10/h1-7H,(H,17,18)(H,13,15,16). The molecular formula is C12H9N3O3. The van der Waals surface area contributed by atoms with Gasteiger partial charge in [0.15, 0.2) is 0 Å². The predicted molar refractivity (Wildman–Crippen MR) is 63.4 cm³/mol. The topological polar surface area (TPSA) is 92.2 Å². The third-order valence-electron chi connectivity index (χ3n) is 2.19. The largest absolute Gasteiger partial charge is 0.478 e. The van der Waals surface area contributed by atoms with Crippen LogP contribution in [0.15, 0.2) is 42.9 Å². The number of aromatic carboxylic acids is 1. The van der Waals surface area contributed by atoms with Crippen LogP contribution in [0.4, 0.5) is 5.69 Å². The lowest BCUT2D eigenvalue weighted by Crippen LogP contribution is -2.18. The van der Waals surface area contributed by atoms with Crippen molar-refractivity contribution in [3.8, 4) is 0 Å². The Labute approximate surface area is 102 Å². The van der Waals surface area contributed by atoms with Crippen LogP contribution < -0.4 is 5.32 Å². The molecule has 18 heavy (non-hydrogen) atoms. The van der Waals surface area contributed by atoms with Crippen molar-refractivity contribution >= 4 is 17.6 Å². The average molecular weight is 243 g/mol. The lowest BCUT2D eigenvalue weighted by atomic mass is 10.2. The number of nitrogens with one attached hydrogen (secondary N) is 1. The van der Waals surface area contributed by atoms with E-state index in [0.717, 1.165) is 0 Å². The second-order valence-electron chi connectivity index (χ2n) is 3.39. The Bertz CT molecular complexity index is 584. The SMILES string of the molecule is O=C(O)c1cccnc1C(=O)Nc1ccncc1. The van der Waals surface area contributed by atoms with Gasteiger partial charge in [0, 0.05) is 24.3 Å². The minimum Gasteiger partial charge on any atom is -0.478 e. The van der Waals surface area contributed by atoms with E-state index in [1.807, 2.05) is 0 Å². The number of carbonyl (C=O) groups is 2. The molecule has 0 aliphatic rings. The molecule has 0 atom stereocenters. The molecule has 0 aliphatic carbocycles. The normalized spacial score (nSPS) is 9.78. The number of carboxylic acids is 1. The van der Waals surface area contributed by atoms with Gasteiger partial charge in [-0.05, 0) is 24.3 Å². The smallest absolute Gasteiger partial charge is 0.338 e. The third-order valence-corrected chi connectivity index (χ3v) is 2.19. The van der Waals surface area contributed by atoms with Crippen LogP contribution in [-0.4, -0.2) is 27.0 Å². The molecule has 2 heterocycles. The molecule has 2 aromatic heterocycles. The van der Waals surface area contributed by atoms with Crippen molar-refractivity contribution in [3.05, 3.63) is 54.1 Å². The highest BCUT2D eigenvalue weighted by Crippen LogP contribution is 2.10. The molecule has 0 unspecified atom stereocenters. The number of aromatic nitrogens is 2. The molecule has 2 N–H and O–H groups in total. The summed E-state index contributed by atoms with van der Waals surface area (Å²) in [6.07, 6.45) is 4.41. The first-order valence-corrected chi connectivity index (χ1v) is 5.08. The van der Waals surface area contributed by atoms with E-state index in [9.17, 15) is 9.59 Å². The number of amides is 1. The van der Waals surface area contributed by atoms with Gasteiger partial charge in [-0.25, -0.2) is 4.79 Å². The zero-order chi connectivity index (χ0) is 13.0. The molecular weight excluding hydrogens is 234 g/mol. The van der Waals surface area contributed by atoms with Crippen molar-refractivity contribution in [1.82, 2.24) is 9.97 Å². The van der Waals surface area contributed by atoms with Crippen LogP contribution in [0.25, 0.3) is 0 Å². The summed E-state index contributed by atoms with van der Waals surface area (Å²) < 4.78 is 0. The maximum atomic E-state index is 11.9. The van der Waals surface area contributed by atoms with Crippen LogP contribution in [0.5, 0.6) is 0 Å². The van der Waals surface area contributed by atoms with E-state index in [1.165, 1.54) is 30.7 Å². The Morgan fingerprint density at radius 3 is 2.50 bits per heavy atom. The molecule has 1 amide bonds. The van der Waals surface area contributed by atoms with E-state index >= 15 is 0 Å². The molecule has 0 aliphatic heterocycles. The first kappa shape index (κ1) is 11.7. The molecule has 6 heteroatoms. The summed E-state index contributed by atoms with van der Waals surface area (Å²) in [6, 6.07) is 5.99. The number of pyridine rings is 2. The van der Waals surface area contributed by atoms with Crippen molar-refractivity contribution in [1.29, 1.82) is 0 Å². The van der Waals surface area contributed by atoms with Crippen LogP contribution in [0.2, 0.25) is 0 Å². The van der Waals surface area contributed by atoms with Crippen LogP contribution >= 0.6 is 0 Å². The molecule has 0 bridgehead atoms. The van der Waals surface area contributed by atoms with E-state index in [-0.39, 0.29) is 11.3 Å². The van der Waals surface area contributed by atoms with Crippen LogP contribution in [0.1, 0.15) is 20.8 Å². The fourth-order valence-electron chi connectivity index (χ4n) is 1.38. The minimum absolute atomic E-state index is 0.123. The van der Waals surface area contributed by atoms with E-state index in [2.05, 4.69) is 15.3 Å². The van der Waals surface area contributed by atoms with Crippen molar-refractivity contribution in [3.63, 3.8) is 0 Å². The Balaban J connectivity index is 2.27. The molecule has 6 nitrogen and oxygen atoms in total. The van der Waals surface area contributed by atoms with Gasteiger partial charge in [-0.2, -0.15) is 0 Å². The predicted octanol–water partition coefficient (Wildman–Crippen LogP) is 1.43. The highest BCUT2D eigenvalue weighted by atomic mass is 16.4. The second kappa shape index (κ2) is 5.05. The van der Waals surface area contributed by atoms with Gasteiger partial charge in [-0.3, -0.25) is 14.8 Å². The highest BCUT2D eigenvalue weighted by Gasteiger charge is 2.17. The van der Waals surface area contributed by atoms with Crippen molar-refractivity contribution in [2.24, 2.45) is 0 Å². The number of hydrogen-bond acceptors (Lipinski definition) is 4. The number of carbonyl (C=O) groups excluding carboxylic acids is 1. The monoisotopic (exact) mass is 243 g/mol. The summed E-state index contributed by atoms with van der Waals surface area (Å²) in [6.45, 7) is 0. The van der Waals surface area contributed by atoms with Gasteiger partial charge in [0.05, 0.1) is 5.56 Å². The molecule has 0 saturated heterocycles. The molecule has 0 radical (unpaired) electrons. The van der Waals surface area contributed by atoms with Crippen molar-refractivity contribution < 1.29 is 14.7 Å². The minimum atomic E-state index is -1.19. The number of hydrogen-bond donors (Lipinski definition) is 2. The van der Waals surface area contributed by atoms with Crippen molar-refractivity contribution in [2.45, 2.75) is 0 Å². The molecule has 0 aromatic carbocycles. The average Bonchev–Trinajstić information content (AvgIpc) is 2.40. The van der Waals surface area contributed by atoms with Gasteiger partial charge < -0.3 is 10.4 Å². The third kappa shape index (κ3) is 2.49. The summed E-state index contributed by atoms with van der Waals surface area (Å²) in [7, 11) is 0. The van der Waals surface area contributed by atoms with Crippen LogP contribution in [0.3, 0.4) is 0 Å². The maximum Gasteiger partial charge on any atom is 0.338 e. The zero-order valence-corrected chi connectivity index (χ0v) is 9.20. The van der Waals surface area contributed by atoms with E-state index in [4.69, 9.17) is 5.11 Å². The lowest BCUT2D eigenvalue weighted by Gasteiger charge is -2.06. The van der Waals surface area contributed by atoms with Crippen molar-refractivity contribution in [2.75, 3.05) is 5.32 Å². The number of carboxylic acid groups (broad SMARTS) is 1. The summed E-state index contributed by atoms with van der Waals surface area (Å²) >= 11 is 0. The number of anilines is 1. The van der Waals surface area contributed by atoms with Gasteiger partial charge in [0.1, 0.15) is 5.69 Å². The maximum absolute atomic E-state index is 11.9. The quantitative estimate of drug-likeness (QED) is 0.850. The van der Waals surface area contributed by atoms with Gasteiger partial charge in [0.2, 0.25) is 0 Å². The van der Waals surface area contributed by atoms with Crippen LogP contribution in [0, 0.1) is 0 Å². The highest BCUT2D eigenvalue weighted by molar-refractivity contribution is 6.09. The van der Waals surface area contributed by atoms with E-state index in [1.54, 1.807) is 12.1 Å². The van der Waals surface area contributed by atoms with E-state index < -0.39 is 11.9 Å². The second-order valence-corrected chi connectivity index (χ2v) is 3.39. The van der Waals surface area contributed by atoms with Gasteiger partial charge in [-0.1, -0.05) is 0 Å². The zero-order valence-electron chi connectivity index (χ0n) is 9.20. The summed E-state index contributed by atoms with van der Waals surface area (Å²) in [5.74, 6) is -1.76. The number of nitrogens with zero attached hydrogens (tertiary/aromatic N) is 2. The molecule has 0 saturated carbocycles. The fraction of sp³-hybridized carbons (Fsp3) is 0. The lowest BCUT2D eigenvalue weighted by molar-refractivity contribution is 0.0691. The van der Waals surface area contributed by atoms with Gasteiger partial charge >= 0.3 is 5.97 Å². The summed E-state index contributed by atoms with van der Waals surface area (Å²) in [4.78, 5) is 30.4. The fourth-order valence-corrected chi connectivity index (χ4v) is 1.38. The number of rotatable bonds is 3. The molecule has 0 fully saturated rings. The van der Waals surface area contributed by atoms with E-state index in [0.29, 0.717) is 5.69 Å². The molecule has 0 spiro atoms. The molecule has 2 rings (SSSR count). The first-order valence-electron chi connectivity index (χ1n) is 5.08. The summed E-state index contributed by atoms with van der Waals surface area (Å²) in [5.41, 5.74) is 0.267. The molecule has 2 aromatic rings. The molecule has 90 valence electrons. The Morgan fingerprint density at radius 1 is 1.11 bits per heavy atom. The Kier molecular flexibility index (Phi) is 3.29. The first-order chi connectivity index (χ1) is 8.68. The van der Waals surface area contributed by atoms with Gasteiger partial charge in [-0.15, -0.1) is 0 Å².